The summed E-state index contributed by atoms with van der Waals surface area (Å²) in [4.78, 5) is 23.8. The van der Waals surface area contributed by atoms with Gasteiger partial charge in [0.1, 0.15) is 11.5 Å². The van der Waals surface area contributed by atoms with E-state index in [-0.39, 0.29) is 39.3 Å². The van der Waals surface area contributed by atoms with Crippen molar-refractivity contribution >= 4 is 45.8 Å². The molecule has 0 saturated carbocycles. The lowest BCUT2D eigenvalue weighted by molar-refractivity contribution is -0.385. The zero-order valence-electron chi connectivity index (χ0n) is 15.9. The third kappa shape index (κ3) is 6.15. The van der Waals surface area contributed by atoms with Crippen LogP contribution in [0.25, 0.3) is 0 Å². The van der Waals surface area contributed by atoms with E-state index >= 15 is 0 Å². The molecule has 0 aliphatic rings. The number of nitro groups is 1. The largest absolute Gasteiger partial charge is 0.456 e. The summed E-state index contributed by atoms with van der Waals surface area (Å²) in [6.07, 6.45) is -4.84. The van der Waals surface area contributed by atoms with Crippen molar-refractivity contribution in [3.8, 4) is 11.5 Å². The second-order valence-corrected chi connectivity index (χ2v) is 8.37. The minimum Gasteiger partial charge on any atom is -0.456 e. The highest BCUT2D eigenvalue weighted by atomic mass is 35.5. The number of nitrogens with zero attached hydrogens (tertiary/aromatic N) is 1. The molecule has 3 aromatic carbocycles. The standard InChI is InChI=1S/C21H12Cl2F3NO4S/c22-14-2-5-16(6-3-14)32-20(28)10-12-9-15(4-7-18(12)27(29)30)31-19-8-1-13(11-17(19)23)21(24,25)26/h1-9,11H,10H2. The van der Waals surface area contributed by atoms with Gasteiger partial charge in [0.25, 0.3) is 5.69 Å². The number of benzene rings is 3. The Kier molecular flexibility index (Phi) is 7.33. The zero-order valence-corrected chi connectivity index (χ0v) is 18.2. The van der Waals surface area contributed by atoms with Gasteiger partial charge in [-0.15, -0.1) is 0 Å². The van der Waals surface area contributed by atoms with Crippen LogP contribution in [0.1, 0.15) is 11.1 Å². The number of carbonyl (C=O) groups is 1. The summed E-state index contributed by atoms with van der Waals surface area (Å²) in [5, 5.41) is 11.2. The van der Waals surface area contributed by atoms with Crippen LogP contribution >= 0.6 is 35.0 Å². The lowest BCUT2D eigenvalue weighted by atomic mass is 10.1. The van der Waals surface area contributed by atoms with Crippen LogP contribution in [0.15, 0.2) is 65.6 Å². The van der Waals surface area contributed by atoms with E-state index in [0.29, 0.717) is 9.92 Å². The number of hydrogen-bond donors (Lipinski definition) is 0. The Morgan fingerprint density at radius 2 is 1.72 bits per heavy atom. The number of halogens is 5. The maximum atomic E-state index is 12.8. The van der Waals surface area contributed by atoms with Crippen LogP contribution in [0.4, 0.5) is 18.9 Å². The summed E-state index contributed by atoms with van der Waals surface area (Å²) in [5.74, 6) is 0.0119. The molecule has 0 amide bonds. The average molecular weight is 502 g/mol. The van der Waals surface area contributed by atoms with Crippen molar-refractivity contribution in [1.82, 2.24) is 0 Å². The molecule has 5 nitrogen and oxygen atoms in total. The molecule has 0 aliphatic heterocycles. The van der Waals surface area contributed by atoms with Crippen LogP contribution in [0.2, 0.25) is 10.0 Å². The molecule has 0 atom stereocenters. The fourth-order valence-corrected chi connectivity index (χ4v) is 3.77. The molecule has 0 unspecified atom stereocenters. The Labute approximate surface area is 194 Å². The monoisotopic (exact) mass is 501 g/mol. The van der Waals surface area contributed by atoms with Gasteiger partial charge in [-0.05, 0) is 54.6 Å². The first-order valence-corrected chi connectivity index (χ1v) is 10.4. The van der Waals surface area contributed by atoms with Crippen LogP contribution in [0.5, 0.6) is 11.5 Å². The van der Waals surface area contributed by atoms with E-state index in [1.54, 1.807) is 24.3 Å². The van der Waals surface area contributed by atoms with Crippen molar-refractivity contribution in [2.45, 2.75) is 17.5 Å². The number of ether oxygens (including phenoxy) is 1. The normalized spacial score (nSPS) is 11.3. The Balaban J connectivity index is 1.82. The van der Waals surface area contributed by atoms with Gasteiger partial charge >= 0.3 is 6.18 Å². The summed E-state index contributed by atoms with van der Waals surface area (Å²) in [7, 11) is 0. The molecule has 0 radical (unpaired) electrons. The van der Waals surface area contributed by atoms with Crippen molar-refractivity contribution in [2.24, 2.45) is 0 Å². The Hall–Kier alpha value is -2.75. The molecule has 0 fully saturated rings. The van der Waals surface area contributed by atoms with Crippen molar-refractivity contribution in [3.05, 3.63) is 92.0 Å². The topological polar surface area (TPSA) is 69.4 Å². The van der Waals surface area contributed by atoms with Crippen LogP contribution in [-0.2, 0) is 17.4 Å². The van der Waals surface area contributed by atoms with Gasteiger partial charge in [0, 0.05) is 28.0 Å². The minimum atomic E-state index is -4.56. The lowest BCUT2D eigenvalue weighted by Crippen LogP contribution is -2.04. The Morgan fingerprint density at radius 1 is 1.03 bits per heavy atom. The molecule has 0 heterocycles. The van der Waals surface area contributed by atoms with E-state index < -0.39 is 16.7 Å². The van der Waals surface area contributed by atoms with Gasteiger partial charge in [0.15, 0.2) is 5.12 Å². The quantitative estimate of drug-likeness (QED) is 0.198. The van der Waals surface area contributed by atoms with Crippen molar-refractivity contribution in [3.63, 3.8) is 0 Å². The second-order valence-electron chi connectivity index (χ2n) is 6.40. The van der Waals surface area contributed by atoms with Crippen LogP contribution in [0.3, 0.4) is 0 Å². The summed E-state index contributed by atoms with van der Waals surface area (Å²) in [5.41, 5.74) is -1.15. The van der Waals surface area contributed by atoms with Crippen molar-refractivity contribution in [1.29, 1.82) is 0 Å². The SMILES string of the molecule is O=C(Cc1cc(Oc2ccc(C(F)(F)F)cc2Cl)ccc1[N+](=O)[O-])Sc1ccc(Cl)cc1. The van der Waals surface area contributed by atoms with E-state index in [4.69, 9.17) is 27.9 Å². The number of alkyl halides is 3. The van der Waals surface area contributed by atoms with Gasteiger partial charge in [-0.25, -0.2) is 0 Å². The lowest BCUT2D eigenvalue weighted by Gasteiger charge is -2.12. The summed E-state index contributed by atoms with van der Waals surface area (Å²) >= 11 is 12.6. The summed E-state index contributed by atoms with van der Waals surface area (Å²) in [6, 6.07) is 12.8. The van der Waals surface area contributed by atoms with E-state index in [9.17, 15) is 28.1 Å². The Bertz CT molecular complexity index is 1170. The molecule has 11 heteroatoms. The molecular weight excluding hydrogens is 490 g/mol. The predicted octanol–water partition coefficient (Wildman–Crippen LogP) is 7.57. The minimum absolute atomic E-state index is 0.0682. The molecule has 166 valence electrons. The van der Waals surface area contributed by atoms with Gasteiger partial charge in [0.05, 0.1) is 15.5 Å². The van der Waals surface area contributed by atoms with Crippen LogP contribution < -0.4 is 4.74 Å². The van der Waals surface area contributed by atoms with Gasteiger partial charge in [-0.1, -0.05) is 35.0 Å². The maximum absolute atomic E-state index is 12.8. The van der Waals surface area contributed by atoms with Crippen LogP contribution in [-0.4, -0.2) is 10.0 Å². The van der Waals surface area contributed by atoms with E-state index in [2.05, 4.69) is 0 Å². The smallest absolute Gasteiger partial charge is 0.416 e. The third-order valence-corrected chi connectivity index (χ3v) is 5.54. The van der Waals surface area contributed by atoms with E-state index in [0.717, 1.165) is 36.0 Å². The van der Waals surface area contributed by atoms with E-state index in [1.165, 1.54) is 12.1 Å². The molecule has 0 aliphatic carbocycles. The molecule has 0 saturated heterocycles. The molecule has 3 rings (SSSR count). The maximum Gasteiger partial charge on any atom is 0.416 e. The number of thioether (sulfide) groups is 1. The average Bonchev–Trinajstić information content (AvgIpc) is 2.70. The molecular formula is C21H12Cl2F3NO4S. The molecule has 32 heavy (non-hydrogen) atoms. The van der Waals surface area contributed by atoms with E-state index in [1.807, 2.05) is 0 Å². The van der Waals surface area contributed by atoms with Gasteiger partial charge < -0.3 is 4.74 Å². The second kappa shape index (κ2) is 9.81. The number of nitro benzene ring substituents is 1. The predicted molar refractivity (Wildman–Crippen MR) is 116 cm³/mol. The van der Waals surface area contributed by atoms with Crippen molar-refractivity contribution in [2.75, 3.05) is 0 Å². The highest BCUT2D eigenvalue weighted by Gasteiger charge is 2.31. The molecule has 0 spiro atoms. The van der Waals surface area contributed by atoms with Crippen LogP contribution in [0, 0.1) is 10.1 Å². The van der Waals surface area contributed by atoms with Gasteiger partial charge in [-0.3, -0.25) is 14.9 Å². The highest BCUT2D eigenvalue weighted by Crippen LogP contribution is 2.37. The summed E-state index contributed by atoms with van der Waals surface area (Å²) < 4.78 is 43.9. The first kappa shape index (κ1) is 23.9. The molecule has 0 aromatic heterocycles. The Morgan fingerprint density at radius 3 is 2.31 bits per heavy atom. The number of hydrogen-bond acceptors (Lipinski definition) is 5. The first-order valence-electron chi connectivity index (χ1n) is 8.81. The fraction of sp³-hybridized carbons (Fsp3) is 0.0952. The third-order valence-electron chi connectivity index (χ3n) is 4.11. The molecule has 0 N–H and O–H groups in total. The van der Waals surface area contributed by atoms with Gasteiger partial charge in [0.2, 0.25) is 0 Å². The summed E-state index contributed by atoms with van der Waals surface area (Å²) in [6.45, 7) is 0. The molecule has 3 aromatic rings. The fourth-order valence-electron chi connectivity index (χ4n) is 2.66. The zero-order chi connectivity index (χ0) is 23.5. The number of carbonyl (C=O) groups excluding carboxylic acids is 1. The number of rotatable bonds is 6. The first-order chi connectivity index (χ1) is 15.0. The highest BCUT2D eigenvalue weighted by molar-refractivity contribution is 8.13. The molecule has 0 bridgehead atoms. The van der Waals surface area contributed by atoms with Gasteiger partial charge in [-0.2, -0.15) is 13.2 Å². The van der Waals surface area contributed by atoms with Crippen molar-refractivity contribution < 1.29 is 27.6 Å².